The summed E-state index contributed by atoms with van der Waals surface area (Å²) in [4.78, 5) is 0. The third kappa shape index (κ3) is 2.99. The lowest BCUT2D eigenvalue weighted by molar-refractivity contribution is 0.435. The number of hydrogen-bond acceptors (Lipinski definition) is 2. The molecule has 2 nitrogen and oxygen atoms in total. The maximum atomic E-state index is 5.71. The Kier molecular flexibility index (Phi) is 4.02. The van der Waals surface area contributed by atoms with E-state index in [1.807, 2.05) is 19.1 Å². The molecular formula is C14H16BrNO. The summed E-state index contributed by atoms with van der Waals surface area (Å²) in [7, 11) is 0. The maximum Gasteiger partial charge on any atom is 0.125 e. The predicted molar refractivity (Wildman–Crippen MR) is 73.1 cm³/mol. The largest absolute Gasteiger partial charge is 0.464 e. The first-order valence-electron chi connectivity index (χ1n) is 5.76. The van der Waals surface area contributed by atoms with Crippen molar-refractivity contribution >= 4 is 15.9 Å². The van der Waals surface area contributed by atoms with Crippen LogP contribution in [0, 0.1) is 6.92 Å². The number of halogens is 1. The third-order valence-corrected chi connectivity index (χ3v) is 3.19. The van der Waals surface area contributed by atoms with Gasteiger partial charge in [-0.25, -0.2) is 0 Å². The lowest BCUT2D eigenvalue weighted by atomic mass is 10.0. The molecule has 0 aliphatic rings. The summed E-state index contributed by atoms with van der Waals surface area (Å²) >= 11 is 3.45. The molecule has 0 bridgehead atoms. The van der Waals surface area contributed by atoms with Gasteiger partial charge in [0.15, 0.2) is 0 Å². The number of benzene rings is 1. The number of furan rings is 1. The molecule has 0 spiro atoms. The molecule has 0 fully saturated rings. The van der Waals surface area contributed by atoms with E-state index in [1.165, 1.54) is 5.56 Å². The number of aryl methyl sites for hydroxylation is 1. The van der Waals surface area contributed by atoms with Crippen molar-refractivity contribution in [2.75, 3.05) is 6.54 Å². The highest BCUT2D eigenvalue weighted by Gasteiger charge is 2.15. The second kappa shape index (κ2) is 5.52. The first-order chi connectivity index (χ1) is 8.20. The summed E-state index contributed by atoms with van der Waals surface area (Å²) in [6.45, 7) is 4.97. The molecule has 1 heterocycles. The lowest BCUT2D eigenvalue weighted by Crippen LogP contribution is -2.21. The molecule has 90 valence electrons. The van der Waals surface area contributed by atoms with Crippen LogP contribution in [-0.2, 0) is 0 Å². The van der Waals surface area contributed by atoms with Gasteiger partial charge in [-0.05, 0) is 43.3 Å². The van der Waals surface area contributed by atoms with Crippen molar-refractivity contribution in [2.45, 2.75) is 19.9 Å². The van der Waals surface area contributed by atoms with Crippen LogP contribution in [0.25, 0.3) is 0 Å². The minimum Gasteiger partial charge on any atom is -0.464 e. The molecule has 1 unspecified atom stereocenters. The van der Waals surface area contributed by atoms with Gasteiger partial charge in [-0.1, -0.05) is 35.0 Å². The van der Waals surface area contributed by atoms with Gasteiger partial charge >= 0.3 is 0 Å². The fourth-order valence-corrected chi connectivity index (χ4v) is 2.11. The van der Waals surface area contributed by atoms with Crippen molar-refractivity contribution in [2.24, 2.45) is 0 Å². The van der Waals surface area contributed by atoms with E-state index in [9.17, 15) is 0 Å². The molecule has 17 heavy (non-hydrogen) atoms. The average molecular weight is 294 g/mol. The van der Waals surface area contributed by atoms with Crippen LogP contribution in [-0.4, -0.2) is 6.54 Å². The fraction of sp³-hybridized carbons (Fsp3) is 0.286. The number of nitrogens with one attached hydrogen (secondary N) is 1. The molecule has 2 rings (SSSR count). The van der Waals surface area contributed by atoms with Gasteiger partial charge in [0.1, 0.15) is 11.5 Å². The zero-order chi connectivity index (χ0) is 12.3. The smallest absolute Gasteiger partial charge is 0.125 e. The van der Waals surface area contributed by atoms with E-state index in [1.54, 1.807) is 0 Å². The monoisotopic (exact) mass is 293 g/mol. The van der Waals surface area contributed by atoms with E-state index in [-0.39, 0.29) is 6.04 Å². The minimum absolute atomic E-state index is 0.127. The van der Waals surface area contributed by atoms with Crippen molar-refractivity contribution in [1.29, 1.82) is 0 Å². The van der Waals surface area contributed by atoms with Gasteiger partial charge < -0.3 is 9.73 Å². The topological polar surface area (TPSA) is 25.2 Å². The van der Waals surface area contributed by atoms with Crippen LogP contribution in [0.2, 0.25) is 0 Å². The highest BCUT2D eigenvalue weighted by Crippen LogP contribution is 2.25. The molecule has 0 aliphatic heterocycles. The van der Waals surface area contributed by atoms with Crippen molar-refractivity contribution in [3.8, 4) is 0 Å². The van der Waals surface area contributed by atoms with Crippen LogP contribution in [0.5, 0.6) is 0 Å². The van der Waals surface area contributed by atoms with Gasteiger partial charge in [0.05, 0.1) is 6.04 Å². The third-order valence-electron chi connectivity index (χ3n) is 2.66. The zero-order valence-electron chi connectivity index (χ0n) is 10.0. The molecule has 2 aromatic rings. The SMILES string of the molecule is CCNC(c1ccc(Br)cc1)c1ccc(C)o1. The van der Waals surface area contributed by atoms with E-state index in [0.29, 0.717) is 0 Å². The second-order valence-corrected chi connectivity index (χ2v) is 4.91. The van der Waals surface area contributed by atoms with Gasteiger partial charge in [-0.3, -0.25) is 0 Å². The molecule has 1 atom stereocenters. The van der Waals surface area contributed by atoms with Crippen molar-refractivity contribution in [3.63, 3.8) is 0 Å². The van der Waals surface area contributed by atoms with Crippen LogP contribution in [0.15, 0.2) is 45.3 Å². The number of hydrogen-bond donors (Lipinski definition) is 1. The van der Waals surface area contributed by atoms with Gasteiger partial charge in [-0.15, -0.1) is 0 Å². The Morgan fingerprint density at radius 3 is 2.41 bits per heavy atom. The van der Waals surface area contributed by atoms with Crippen molar-refractivity contribution in [1.82, 2.24) is 5.32 Å². The quantitative estimate of drug-likeness (QED) is 0.920. The Morgan fingerprint density at radius 1 is 1.18 bits per heavy atom. The van der Waals surface area contributed by atoms with Gasteiger partial charge in [0.25, 0.3) is 0 Å². The van der Waals surface area contributed by atoms with Crippen molar-refractivity contribution < 1.29 is 4.42 Å². The lowest BCUT2D eigenvalue weighted by Gasteiger charge is -2.16. The van der Waals surface area contributed by atoms with E-state index in [4.69, 9.17) is 4.42 Å². The highest BCUT2D eigenvalue weighted by atomic mass is 79.9. The van der Waals surface area contributed by atoms with Crippen LogP contribution < -0.4 is 5.32 Å². The first kappa shape index (κ1) is 12.4. The van der Waals surface area contributed by atoms with Crippen molar-refractivity contribution in [3.05, 3.63) is 58.0 Å². The molecule has 1 N–H and O–H groups in total. The van der Waals surface area contributed by atoms with E-state index < -0.39 is 0 Å². The summed E-state index contributed by atoms with van der Waals surface area (Å²) < 4.78 is 6.80. The minimum atomic E-state index is 0.127. The molecule has 1 aromatic heterocycles. The van der Waals surface area contributed by atoms with Crippen LogP contribution in [0.1, 0.15) is 30.0 Å². The summed E-state index contributed by atoms with van der Waals surface area (Å²) in [5.41, 5.74) is 1.21. The van der Waals surface area contributed by atoms with E-state index in [2.05, 4.69) is 52.4 Å². The Hall–Kier alpha value is -1.06. The fourth-order valence-electron chi connectivity index (χ4n) is 1.85. The molecule has 0 saturated heterocycles. The van der Waals surface area contributed by atoms with Gasteiger partial charge in [0, 0.05) is 4.47 Å². The number of rotatable bonds is 4. The average Bonchev–Trinajstić information content (AvgIpc) is 2.74. The molecule has 0 radical (unpaired) electrons. The van der Waals surface area contributed by atoms with Crippen LogP contribution in [0.4, 0.5) is 0 Å². The highest BCUT2D eigenvalue weighted by molar-refractivity contribution is 9.10. The summed E-state index contributed by atoms with van der Waals surface area (Å²) in [6.07, 6.45) is 0. The van der Waals surface area contributed by atoms with Gasteiger partial charge in [-0.2, -0.15) is 0 Å². The summed E-state index contributed by atoms with van der Waals surface area (Å²) in [6, 6.07) is 12.5. The molecule has 0 saturated carbocycles. The Balaban J connectivity index is 2.31. The second-order valence-electron chi connectivity index (χ2n) is 3.99. The molecular weight excluding hydrogens is 278 g/mol. The Morgan fingerprint density at radius 2 is 1.88 bits per heavy atom. The summed E-state index contributed by atoms with van der Waals surface area (Å²) in [5.74, 6) is 1.91. The Bertz CT molecular complexity index is 475. The first-order valence-corrected chi connectivity index (χ1v) is 6.55. The zero-order valence-corrected chi connectivity index (χ0v) is 11.6. The van der Waals surface area contributed by atoms with Crippen LogP contribution >= 0.6 is 15.9 Å². The predicted octanol–water partition coefficient (Wildman–Crippen LogP) is 4.05. The normalized spacial score (nSPS) is 12.6. The standard InChI is InChI=1S/C14H16BrNO/c1-3-16-14(13-9-4-10(2)17-13)11-5-7-12(15)8-6-11/h4-9,14,16H,3H2,1-2H3. The maximum absolute atomic E-state index is 5.71. The Labute approximate surface area is 110 Å². The molecule has 1 aromatic carbocycles. The van der Waals surface area contributed by atoms with Crippen LogP contribution in [0.3, 0.4) is 0 Å². The van der Waals surface area contributed by atoms with E-state index in [0.717, 1.165) is 22.5 Å². The van der Waals surface area contributed by atoms with Gasteiger partial charge in [0.2, 0.25) is 0 Å². The summed E-state index contributed by atoms with van der Waals surface area (Å²) in [5, 5.41) is 3.44. The molecule has 3 heteroatoms. The molecule has 0 amide bonds. The van der Waals surface area contributed by atoms with E-state index >= 15 is 0 Å². The molecule has 0 aliphatic carbocycles.